The molecular weight excluding hydrogens is 816 g/mol. The molecule has 6 aromatic rings. The van der Waals surface area contributed by atoms with Gasteiger partial charge in [0.2, 0.25) is 0 Å². The highest BCUT2D eigenvalue weighted by molar-refractivity contribution is 7.33. The van der Waals surface area contributed by atoms with E-state index < -0.39 is 0 Å². The van der Waals surface area contributed by atoms with E-state index in [1.165, 1.54) is 125 Å². The van der Waals surface area contributed by atoms with Crippen LogP contribution in [0.4, 0.5) is 34.1 Å². The lowest BCUT2D eigenvalue weighted by Gasteiger charge is -2.46. The molecule has 2 aliphatic heterocycles. The molecule has 344 valence electrons. The Balaban J connectivity index is 1.37. The van der Waals surface area contributed by atoms with E-state index in [1.54, 1.807) is 11.1 Å². The van der Waals surface area contributed by atoms with Gasteiger partial charge in [0.1, 0.15) is 0 Å². The lowest BCUT2D eigenvalue weighted by molar-refractivity contribution is 0.330. The van der Waals surface area contributed by atoms with E-state index in [4.69, 9.17) is 0 Å². The summed E-state index contributed by atoms with van der Waals surface area (Å²) in [5.74, 6) is 0.390. The summed E-state index contributed by atoms with van der Waals surface area (Å²) < 4.78 is 2.90. The highest BCUT2D eigenvalue weighted by atomic mass is 32.1. The molecule has 2 aliphatic carbocycles. The summed E-state index contributed by atoms with van der Waals surface area (Å²) in [6, 6.07) is 30.6. The minimum atomic E-state index is -0.00663. The normalized spacial score (nSPS) is 19.2. The van der Waals surface area contributed by atoms with E-state index >= 15 is 0 Å². The van der Waals surface area contributed by atoms with Crippen molar-refractivity contribution in [3.8, 4) is 0 Å². The first-order valence-corrected chi connectivity index (χ1v) is 26.3. The second kappa shape index (κ2) is 14.6. The molecule has 1 unspecified atom stereocenters. The largest absolute Gasteiger partial charge is 0.311 e. The average Bonchev–Trinajstić information content (AvgIpc) is 3.60. The third kappa shape index (κ3) is 6.82. The lowest BCUT2D eigenvalue weighted by atomic mass is 9.36. The van der Waals surface area contributed by atoms with E-state index in [9.17, 15) is 0 Å². The Labute approximate surface area is 403 Å². The minimum absolute atomic E-state index is 0.00663. The molecule has 0 amide bonds. The monoisotopic (exact) mass is 893 g/mol. The Morgan fingerprint density at radius 3 is 1.76 bits per heavy atom. The fourth-order valence-corrected chi connectivity index (χ4v) is 14.0. The van der Waals surface area contributed by atoms with Crippen molar-refractivity contribution in [2.24, 2.45) is 0 Å². The number of hydrogen-bond acceptors (Lipinski definition) is 3. The van der Waals surface area contributed by atoms with Crippen molar-refractivity contribution in [3.63, 3.8) is 0 Å². The van der Waals surface area contributed by atoms with Gasteiger partial charge in [-0.2, -0.15) is 0 Å². The predicted octanol–water partition coefficient (Wildman–Crippen LogP) is 16.4. The van der Waals surface area contributed by atoms with Gasteiger partial charge in [-0.1, -0.05) is 135 Å². The Hall–Kier alpha value is -4.28. The summed E-state index contributed by atoms with van der Waals surface area (Å²) in [5.41, 5.74) is 24.4. The highest BCUT2D eigenvalue weighted by Gasteiger charge is 2.48. The first-order valence-electron chi connectivity index (χ1n) is 25.5. The number of nitrogens with zero attached hydrogens (tertiary/aromatic N) is 2. The van der Waals surface area contributed by atoms with Gasteiger partial charge in [-0.15, -0.1) is 11.3 Å². The summed E-state index contributed by atoms with van der Waals surface area (Å²) in [4.78, 5) is 5.48. The van der Waals surface area contributed by atoms with Gasteiger partial charge in [0, 0.05) is 43.3 Å². The SMILES string of the molecule is CCC(C)c1cc2c3c(c1)N(c1cc(C)c4c(c1)C(C)(C)CCC4(C)C)c1c(sc4cc5c(cc14)C(C)(C)CCC5(C)C)B3c1ccc(C(C)(C)C)cc1N2c1ccc(C(C)(C)C)cc1C. The van der Waals surface area contributed by atoms with Crippen molar-refractivity contribution in [3.05, 3.63) is 123 Å². The number of hydrogen-bond donors (Lipinski definition) is 0. The van der Waals surface area contributed by atoms with Crippen molar-refractivity contribution in [2.75, 3.05) is 9.80 Å². The molecule has 3 heterocycles. The van der Waals surface area contributed by atoms with Crippen LogP contribution in [0.1, 0.15) is 199 Å². The first-order chi connectivity index (χ1) is 30.6. The fourth-order valence-electron chi connectivity index (χ4n) is 12.7. The lowest BCUT2D eigenvalue weighted by Crippen LogP contribution is -2.60. The number of benzene rings is 5. The van der Waals surface area contributed by atoms with Crippen LogP contribution in [-0.4, -0.2) is 6.71 Å². The molecule has 4 aliphatic rings. The van der Waals surface area contributed by atoms with Gasteiger partial charge < -0.3 is 9.80 Å². The summed E-state index contributed by atoms with van der Waals surface area (Å²) in [6.07, 6.45) is 5.89. The molecule has 66 heavy (non-hydrogen) atoms. The topological polar surface area (TPSA) is 6.48 Å². The van der Waals surface area contributed by atoms with E-state index in [2.05, 4.69) is 219 Å². The van der Waals surface area contributed by atoms with E-state index in [0.717, 1.165) is 6.42 Å². The Bertz CT molecular complexity index is 2990. The molecular formula is C62H77BN2S. The van der Waals surface area contributed by atoms with Gasteiger partial charge in [-0.05, 0) is 194 Å². The molecule has 4 heteroatoms. The summed E-state index contributed by atoms with van der Waals surface area (Å²) in [7, 11) is 0. The molecule has 0 saturated heterocycles. The van der Waals surface area contributed by atoms with Crippen LogP contribution >= 0.6 is 11.3 Å². The standard InChI is InChI=1S/C62H77BN2S/c1-19-36(2)39-30-50-54-51(31-39)65(48-23-21-40(28-37(48)3)57(5,6)7)49-32-41(58(8,9)10)20-22-47(49)63(54)56-55(43-34-44-45(35-52(43)66-56)60(13,14)25-24-59(44,11)12)64(50)42-29-38(4)53-46(33-42)61(15,16)26-27-62(53,17)18/h20-23,28-36H,19,24-27H2,1-18H3. The molecule has 0 N–H and O–H groups in total. The number of aryl methyl sites for hydroxylation is 2. The zero-order chi connectivity index (χ0) is 47.6. The maximum Gasteiger partial charge on any atom is 0.264 e. The molecule has 0 bridgehead atoms. The maximum atomic E-state index is 2.79. The van der Waals surface area contributed by atoms with Crippen molar-refractivity contribution in [1.82, 2.24) is 0 Å². The second-order valence-corrected chi connectivity index (χ2v) is 27.2. The van der Waals surface area contributed by atoms with Crippen LogP contribution in [-0.2, 0) is 32.5 Å². The number of thiophene rings is 1. The van der Waals surface area contributed by atoms with Gasteiger partial charge in [0.15, 0.2) is 0 Å². The zero-order valence-electron chi connectivity index (χ0n) is 43.9. The molecule has 5 aromatic carbocycles. The van der Waals surface area contributed by atoms with E-state index in [-0.39, 0.29) is 39.2 Å². The van der Waals surface area contributed by atoms with Crippen LogP contribution in [0.5, 0.6) is 0 Å². The molecule has 0 fully saturated rings. The van der Waals surface area contributed by atoms with Crippen LogP contribution in [0.3, 0.4) is 0 Å². The number of rotatable bonds is 4. The first kappa shape index (κ1) is 45.5. The van der Waals surface area contributed by atoms with Gasteiger partial charge in [0.05, 0.1) is 5.69 Å². The Morgan fingerprint density at radius 2 is 1.15 bits per heavy atom. The van der Waals surface area contributed by atoms with Gasteiger partial charge in [-0.25, -0.2) is 0 Å². The molecule has 1 aromatic heterocycles. The van der Waals surface area contributed by atoms with Gasteiger partial charge in [0.25, 0.3) is 6.71 Å². The van der Waals surface area contributed by atoms with Gasteiger partial charge in [-0.3, -0.25) is 0 Å². The number of anilines is 6. The zero-order valence-corrected chi connectivity index (χ0v) is 44.7. The second-order valence-electron chi connectivity index (χ2n) is 26.1. The van der Waals surface area contributed by atoms with Crippen LogP contribution in [0.15, 0.2) is 72.8 Å². The third-order valence-electron chi connectivity index (χ3n) is 17.4. The maximum absolute atomic E-state index is 2.79. The Morgan fingerprint density at radius 1 is 0.591 bits per heavy atom. The average molecular weight is 893 g/mol. The van der Waals surface area contributed by atoms with E-state index in [0.29, 0.717) is 5.92 Å². The van der Waals surface area contributed by atoms with Crippen molar-refractivity contribution >= 4 is 78.0 Å². The summed E-state index contributed by atoms with van der Waals surface area (Å²) >= 11 is 2.08. The summed E-state index contributed by atoms with van der Waals surface area (Å²) in [5, 5.41) is 1.42. The Kier molecular flexibility index (Phi) is 10.1. The van der Waals surface area contributed by atoms with Crippen LogP contribution in [0.2, 0.25) is 0 Å². The highest BCUT2D eigenvalue weighted by Crippen LogP contribution is 2.55. The smallest absolute Gasteiger partial charge is 0.264 e. The van der Waals surface area contributed by atoms with Crippen molar-refractivity contribution in [1.29, 1.82) is 0 Å². The van der Waals surface area contributed by atoms with Crippen LogP contribution < -0.4 is 25.5 Å². The minimum Gasteiger partial charge on any atom is -0.311 e. The van der Waals surface area contributed by atoms with E-state index in [1.807, 2.05) is 0 Å². The quantitative estimate of drug-likeness (QED) is 0.162. The van der Waals surface area contributed by atoms with Crippen molar-refractivity contribution in [2.45, 2.75) is 195 Å². The summed E-state index contributed by atoms with van der Waals surface area (Å²) in [6.45, 7) is 43.7. The van der Waals surface area contributed by atoms with Gasteiger partial charge >= 0.3 is 0 Å². The fraction of sp³-hybridized carbons (Fsp3) is 0.484. The van der Waals surface area contributed by atoms with Crippen LogP contribution in [0.25, 0.3) is 10.1 Å². The van der Waals surface area contributed by atoms with Crippen molar-refractivity contribution < 1.29 is 0 Å². The molecule has 10 rings (SSSR count). The molecule has 1 atom stereocenters. The molecule has 2 nitrogen and oxygen atoms in total. The predicted molar refractivity (Wildman–Crippen MR) is 292 cm³/mol. The molecule has 0 spiro atoms. The molecule has 0 saturated carbocycles. The molecule has 0 radical (unpaired) electrons. The third-order valence-corrected chi connectivity index (χ3v) is 18.6. The number of fused-ring (bicyclic) bond motifs is 8. The van der Waals surface area contributed by atoms with Crippen LogP contribution in [0, 0.1) is 13.8 Å².